The maximum Gasteiger partial charge on any atom is 0.286 e. The summed E-state index contributed by atoms with van der Waals surface area (Å²) in [6.07, 6.45) is 3.73. The van der Waals surface area contributed by atoms with Gasteiger partial charge in [0.1, 0.15) is 23.5 Å². The van der Waals surface area contributed by atoms with Gasteiger partial charge in [-0.2, -0.15) is 9.50 Å². The summed E-state index contributed by atoms with van der Waals surface area (Å²) in [5, 5.41) is 2.80. The Labute approximate surface area is 154 Å². The van der Waals surface area contributed by atoms with E-state index in [0.717, 1.165) is 17.9 Å². The SMILES string of the molecule is CCc1cc(N2CCN(C(=O)c3cnc4nc(C)[nH]n4c3=O)CC2)ncn1. The highest BCUT2D eigenvalue weighted by Gasteiger charge is 2.25. The fraction of sp³-hybridized carbons (Fsp3) is 0.412. The maximum absolute atomic E-state index is 12.8. The summed E-state index contributed by atoms with van der Waals surface area (Å²) in [6, 6.07) is 1.97. The molecular formula is C17H20N8O2. The Morgan fingerprint density at radius 2 is 1.96 bits per heavy atom. The van der Waals surface area contributed by atoms with Gasteiger partial charge in [0.05, 0.1) is 0 Å². The van der Waals surface area contributed by atoms with E-state index in [1.165, 1.54) is 10.7 Å². The van der Waals surface area contributed by atoms with Gasteiger partial charge in [0.25, 0.3) is 17.2 Å². The second-order valence-electron chi connectivity index (χ2n) is 6.42. The van der Waals surface area contributed by atoms with Gasteiger partial charge >= 0.3 is 0 Å². The molecule has 1 saturated heterocycles. The number of aromatic amines is 1. The smallest absolute Gasteiger partial charge is 0.286 e. The van der Waals surface area contributed by atoms with Gasteiger partial charge in [0.2, 0.25) is 0 Å². The van der Waals surface area contributed by atoms with E-state index in [-0.39, 0.29) is 17.2 Å². The number of nitrogens with one attached hydrogen (secondary N) is 1. The Kier molecular flexibility index (Phi) is 4.30. The summed E-state index contributed by atoms with van der Waals surface area (Å²) < 4.78 is 1.20. The van der Waals surface area contributed by atoms with E-state index in [2.05, 4.69) is 29.9 Å². The number of hydrogen-bond acceptors (Lipinski definition) is 7. The molecule has 10 nitrogen and oxygen atoms in total. The van der Waals surface area contributed by atoms with Crippen LogP contribution >= 0.6 is 0 Å². The minimum Gasteiger partial charge on any atom is -0.353 e. The molecule has 1 N–H and O–H groups in total. The van der Waals surface area contributed by atoms with Gasteiger partial charge in [-0.3, -0.25) is 14.7 Å². The van der Waals surface area contributed by atoms with Crippen LogP contribution in [0, 0.1) is 6.92 Å². The lowest BCUT2D eigenvalue weighted by atomic mass is 10.2. The van der Waals surface area contributed by atoms with E-state index in [4.69, 9.17) is 0 Å². The van der Waals surface area contributed by atoms with Gasteiger partial charge in [-0.15, -0.1) is 0 Å². The third-order valence-electron chi connectivity index (χ3n) is 4.68. The normalized spacial score (nSPS) is 14.7. The predicted octanol–water partition coefficient (Wildman–Crippen LogP) is 0.0408. The number of carbonyl (C=O) groups excluding carboxylic acids is 1. The average molecular weight is 368 g/mol. The van der Waals surface area contributed by atoms with Crippen LogP contribution in [-0.2, 0) is 6.42 Å². The number of H-pyrrole nitrogens is 1. The van der Waals surface area contributed by atoms with E-state index in [1.54, 1.807) is 18.2 Å². The van der Waals surface area contributed by atoms with Gasteiger partial charge in [0, 0.05) is 44.1 Å². The molecule has 4 heterocycles. The molecule has 0 radical (unpaired) electrons. The zero-order valence-electron chi connectivity index (χ0n) is 15.2. The highest BCUT2D eigenvalue weighted by atomic mass is 16.2. The Balaban J connectivity index is 1.50. The molecule has 10 heteroatoms. The number of piperazine rings is 1. The Morgan fingerprint density at radius 1 is 1.19 bits per heavy atom. The van der Waals surface area contributed by atoms with E-state index in [0.29, 0.717) is 32.0 Å². The van der Waals surface area contributed by atoms with Crippen molar-refractivity contribution >= 4 is 17.5 Å². The van der Waals surface area contributed by atoms with Crippen LogP contribution in [0.3, 0.4) is 0 Å². The molecule has 27 heavy (non-hydrogen) atoms. The van der Waals surface area contributed by atoms with Crippen LogP contribution in [0.15, 0.2) is 23.4 Å². The number of carbonyl (C=O) groups is 1. The molecule has 0 spiro atoms. The molecule has 1 amide bonds. The lowest BCUT2D eigenvalue weighted by Crippen LogP contribution is -2.50. The van der Waals surface area contributed by atoms with Gasteiger partial charge in [-0.25, -0.2) is 15.0 Å². The molecule has 1 fully saturated rings. The number of aryl methyl sites for hydroxylation is 2. The average Bonchev–Trinajstić information content (AvgIpc) is 3.09. The Hall–Kier alpha value is -3.30. The van der Waals surface area contributed by atoms with Crippen molar-refractivity contribution in [1.82, 2.24) is 34.4 Å². The van der Waals surface area contributed by atoms with Crippen LogP contribution in [0.1, 0.15) is 28.8 Å². The van der Waals surface area contributed by atoms with Crippen LogP contribution in [0.2, 0.25) is 0 Å². The van der Waals surface area contributed by atoms with Crippen molar-refractivity contribution < 1.29 is 4.79 Å². The van der Waals surface area contributed by atoms with Crippen LogP contribution in [0.25, 0.3) is 5.78 Å². The van der Waals surface area contributed by atoms with Crippen molar-refractivity contribution in [1.29, 1.82) is 0 Å². The highest BCUT2D eigenvalue weighted by molar-refractivity contribution is 5.93. The standard InChI is InChI=1S/C17H20N8O2/c1-3-12-8-14(20-10-19-12)23-4-6-24(7-5-23)15(26)13-9-18-17-21-11(2)22-25(17)16(13)27/h8-10H,3-7H2,1-2H3,(H,18,21,22). The largest absolute Gasteiger partial charge is 0.353 e. The number of aromatic nitrogens is 6. The van der Waals surface area contributed by atoms with Crippen LogP contribution in [0.5, 0.6) is 0 Å². The van der Waals surface area contributed by atoms with Gasteiger partial charge < -0.3 is 9.80 Å². The van der Waals surface area contributed by atoms with Crippen molar-refractivity contribution in [3.63, 3.8) is 0 Å². The molecule has 0 atom stereocenters. The molecule has 0 saturated carbocycles. The topological polar surface area (TPSA) is 112 Å². The number of hydrogen-bond donors (Lipinski definition) is 1. The van der Waals surface area contributed by atoms with Crippen LogP contribution < -0.4 is 10.5 Å². The molecule has 3 aromatic rings. The molecular weight excluding hydrogens is 348 g/mol. The number of nitrogens with zero attached hydrogens (tertiary/aromatic N) is 7. The summed E-state index contributed by atoms with van der Waals surface area (Å²) in [4.78, 5) is 45.9. The minimum atomic E-state index is -0.434. The quantitative estimate of drug-likeness (QED) is 0.694. The Bertz CT molecular complexity index is 1050. The predicted molar refractivity (Wildman–Crippen MR) is 97.9 cm³/mol. The second-order valence-corrected chi connectivity index (χ2v) is 6.42. The van der Waals surface area contributed by atoms with Crippen molar-refractivity contribution in [2.24, 2.45) is 0 Å². The van der Waals surface area contributed by atoms with Crippen molar-refractivity contribution in [3.05, 3.63) is 46.0 Å². The molecule has 1 aliphatic rings. The number of anilines is 1. The van der Waals surface area contributed by atoms with Crippen molar-refractivity contribution in [2.75, 3.05) is 31.1 Å². The van der Waals surface area contributed by atoms with Crippen LogP contribution in [0.4, 0.5) is 5.82 Å². The molecule has 0 aliphatic carbocycles. The lowest BCUT2D eigenvalue weighted by molar-refractivity contribution is 0.0744. The number of amides is 1. The second kappa shape index (κ2) is 6.78. The molecule has 0 aromatic carbocycles. The van der Waals surface area contributed by atoms with Gasteiger partial charge in [-0.1, -0.05) is 6.92 Å². The van der Waals surface area contributed by atoms with E-state index < -0.39 is 5.56 Å². The van der Waals surface area contributed by atoms with Crippen molar-refractivity contribution in [3.8, 4) is 0 Å². The molecule has 4 rings (SSSR count). The monoisotopic (exact) mass is 368 g/mol. The van der Waals surface area contributed by atoms with E-state index in [1.807, 2.05) is 13.0 Å². The fourth-order valence-corrected chi connectivity index (χ4v) is 3.17. The zero-order valence-corrected chi connectivity index (χ0v) is 15.2. The van der Waals surface area contributed by atoms with E-state index in [9.17, 15) is 9.59 Å². The molecule has 0 unspecified atom stereocenters. The first-order valence-corrected chi connectivity index (χ1v) is 8.86. The van der Waals surface area contributed by atoms with E-state index >= 15 is 0 Å². The summed E-state index contributed by atoms with van der Waals surface area (Å²) >= 11 is 0. The Morgan fingerprint density at radius 3 is 2.70 bits per heavy atom. The number of rotatable bonds is 3. The maximum atomic E-state index is 12.8. The zero-order chi connectivity index (χ0) is 19.0. The fourth-order valence-electron chi connectivity index (χ4n) is 3.17. The summed E-state index contributed by atoms with van der Waals surface area (Å²) in [5.74, 6) is 1.37. The highest BCUT2D eigenvalue weighted by Crippen LogP contribution is 2.15. The van der Waals surface area contributed by atoms with Crippen LogP contribution in [-0.4, -0.2) is 66.5 Å². The first-order chi connectivity index (χ1) is 13.1. The minimum absolute atomic E-state index is 0.0416. The summed E-state index contributed by atoms with van der Waals surface area (Å²) in [7, 11) is 0. The first-order valence-electron chi connectivity index (χ1n) is 8.86. The third-order valence-corrected chi connectivity index (χ3v) is 4.68. The molecule has 140 valence electrons. The molecule has 0 bridgehead atoms. The first kappa shape index (κ1) is 17.1. The number of fused-ring (bicyclic) bond motifs is 1. The lowest BCUT2D eigenvalue weighted by Gasteiger charge is -2.35. The molecule has 3 aromatic heterocycles. The summed E-state index contributed by atoms with van der Waals surface area (Å²) in [6.45, 7) is 6.08. The van der Waals surface area contributed by atoms with Gasteiger partial charge in [0.15, 0.2) is 0 Å². The molecule has 1 aliphatic heterocycles. The summed E-state index contributed by atoms with van der Waals surface area (Å²) in [5.41, 5.74) is 0.595. The third kappa shape index (κ3) is 3.14. The van der Waals surface area contributed by atoms with Gasteiger partial charge in [-0.05, 0) is 13.3 Å². The van der Waals surface area contributed by atoms with Crippen molar-refractivity contribution in [2.45, 2.75) is 20.3 Å².